The lowest BCUT2D eigenvalue weighted by molar-refractivity contribution is 0.216. The molecule has 0 spiro atoms. The molecule has 0 aliphatic heterocycles. The molecule has 2 rings (SSSR count). The minimum absolute atomic E-state index is 0.147. The molecular formula is C15H17ClN2O. The Kier molecular flexibility index (Phi) is 3.88. The highest BCUT2D eigenvalue weighted by atomic mass is 35.5. The third-order valence-electron chi connectivity index (χ3n) is 2.93. The van der Waals surface area contributed by atoms with Gasteiger partial charge in [-0.2, -0.15) is 0 Å². The zero-order valence-corrected chi connectivity index (χ0v) is 12.0. The fourth-order valence-corrected chi connectivity index (χ4v) is 2.12. The van der Waals surface area contributed by atoms with Crippen LogP contribution in [0.5, 0.6) is 0 Å². The zero-order valence-electron chi connectivity index (χ0n) is 11.3. The average Bonchev–Trinajstić information content (AvgIpc) is 2.38. The standard InChI is InChI=1S/C15H17ClN2O/c1-15(2,3)14-12(8-17-9-18-14)13(19)10-4-6-11(16)7-5-10/h4-9,13,19H,1-3H3. The molecule has 1 N–H and O–H groups in total. The van der Waals surface area contributed by atoms with Crippen LogP contribution >= 0.6 is 11.6 Å². The third kappa shape index (κ3) is 3.11. The zero-order chi connectivity index (χ0) is 14.0. The summed E-state index contributed by atoms with van der Waals surface area (Å²) >= 11 is 5.86. The highest BCUT2D eigenvalue weighted by molar-refractivity contribution is 6.30. The summed E-state index contributed by atoms with van der Waals surface area (Å²) < 4.78 is 0. The lowest BCUT2D eigenvalue weighted by Crippen LogP contribution is -2.19. The molecule has 0 aliphatic rings. The molecule has 0 aliphatic carbocycles. The number of rotatable bonds is 2. The molecule has 4 heteroatoms. The van der Waals surface area contributed by atoms with Crippen LogP contribution in [-0.2, 0) is 5.41 Å². The van der Waals surface area contributed by atoms with Gasteiger partial charge in [-0.3, -0.25) is 0 Å². The maximum absolute atomic E-state index is 10.5. The van der Waals surface area contributed by atoms with E-state index in [0.29, 0.717) is 5.02 Å². The van der Waals surface area contributed by atoms with Gasteiger partial charge in [0.25, 0.3) is 0 Å². The SMILES string of the molecule is CC(C)(C)c1ncncc1C(O)c1ccc(Cl)cc1. The van der Waals surface area contributed by atoms with Crippen molar-refractivity contribution in [3.05, 3.63) is 58.6 Å². The Balaban J connectivity index is 2.44. The highest BCUT2D eigenvalue weighted by Gasteiger charge is 2.24. The summed E-state index contributed by atoms with van der Waals surface area (Å²) in [6, 6.07) is 7.15. The normalized spacial score (nSPS) is 13.3. The second kappa shape index (κ2) is 5.27. The van der Waals surface area contributed by atoms with Gasteiger partial charge in [0, 0.05) is 22.2 Å². The molecule has 2 aromatic rings. The first-order valence-electron chi connectivity index (χ1n) is 6.13. The van der Waals surface area contributed by atoms with E-state index in [4.69, 9.17) is 11.6 Å². The molecular weight excluding hydrogens is 260 g/mol. The molecule has 0 radical (unpaired) electrons. The lowest BCUT2D eigenvalue weighted by Gasteiger charge is -2.23. The van der Waals surface area contributed by atoms with E-state index in [1.807, 2.05) is 12.1 Å². The Hall–Kier alpha value is -1.45. The summed E-state index contributed by atoms with van der Waals surface area (Å²) in [6.07, 6.45) is 2.44. The van der Waals surface area contributed by atoms with Crippen molar-refractivity contribution in [1.82, 2.24) is 9.97 Å². The van der Waals surface area contributed by atoms with Crippen molar-refractivity contribution in [2.75, 3.05) is 0 Å². The van der Waals surface area contributed by atoms with Crippen molar-refractivity contribution in [2.45, 2.75) is 32.3 Å². The van der Waals surface area contributed by atoms with Gasteiger partial charge in [0.05, 0.1) is 5.69 Å². The molecule has 1 unspecified atom stereocenters. The number of halogens is 1. The van der Waals surface area contributed by atoms with E-state index < -0.39 is 6.10 Å². The van der Waals surface area contributed by atoms with Gasteiger partial charge in [-0.1, -0.05) is 44.5 Å². The first-order valence-corrected chi connectivity index (χ1v) is 6.51. The molecule has 0 saturated heterocycles. The topological polar surface area (TPSA) is 46.0 Å². The van der Waals surface area contributed by atoms with Crippen LogP contribution in [0.4, 0.5) is 0 Å². The number of benzene rings is 1. The predicted molar refractivity (Wildman–Crippen MR) is 76.2 cm³/mol. The fourth-order valence-electron chi connectivity index (χ4n) is 1.99. The van der Waals surface area contributed by atoms with E-state index >= 15 is 0 Å². The van der Waals surface area contributed by atoms with Crippen LogP contribution in [0.25, 0.3) is 0 Å². The van der Waals surface area contributed by atoms with Crippen molar-refractivity contribution in [2.24, 2.45) is 0 Å². The summed E-state index contributed by atoms with van der Waals surface area (Å²) in [5, 5.41) is 11.2. The number of hydrogen-bond acceptors (Lipinski definition) is 3. The average molecular weight is 277 g/mol. The van der Waals surface area contributed by atoms with Gasteiger partial charge in [0.15, 0.2) is 0 Å². The van der Waals surface area contributed by atoms with Gasteiger partial charge in [-0.15, -0.1) is 0 Å². The van der Waals surface area contributed by atoms with E-state index in [1.54, 1.807) is 18.3 Å². The molecule has 0 fully saturated rings. The Labute approximate surface area is 118 Å². The Morgan fingerprint density at radius 2 is 1.79 bits per heavy atom. The van der Waals surface area contributed by atoms with Gasteiger partial charge in [0.1, 0.15) is 12.4 Å². The fraction of sp³-hybridized carbons (Fsp3) is 0.333. The molecule has 0 amide bonds. The van der Waals surface area contributed by atoms with Gasteiger partial charge in [-0.25, -0.2) is 9.97 Å². The maximum Gasteiger partial charge on any atom is 0.115 e. The number of hydrogen-bond donors (Lipinski definition) is 1. The van der Waals surface area contributed by atoms with Crippen LogP contribution in [0.1, 0.15) is 43.7 Å². The van der Waals surface area contributed by atoms with E-state index in [0.717, 1.165) is 16.8 Å². The van der Waals surface area contributed by atoms with Crippen molar-refractivity contribution >= 4 is 11.6 Å². The van der Waals surface area contributed by atoms with Crippen molar-refractivity contribution in [3.8, 4) is 0 Å². The second-order valence-electron chi connectivity index (χ2n) is 5.53. The van der Waals surface area contributed by atoms with Crippen LogP contribution in [0, 0.1) is 0 Å². The summed E-state index contributed by atoms with van der Waals surface area (Å²) in [6.45, 7) is 6.19. The summed E-state index contributed by atoms with van der Waals surface area (Å²) in [5.41, 5.74) is 2.22. The van der Waals surface area contributed by atoms with Crippen LogP contribution in [0.3, 0.4) is 0 Å². The van der Waals surface area contributed by atoms with Gasteiger partial charge in [-0.05, 0) is 17.7 Å². The lowest BCUT2D eigenvalue weighted by atomic mass is 9.86. The van der Waals surface area contributed by atoms with E-state index in [9.17, 15) is 5.11 Å². The Morgan fingerprint density at radius 3 is 2.37 bits per heavy atom. The summed E-state index contributed by atoms with van der Waals surface area (Å²) in [4.78, 5) is 8.34. The molecule has 3 nitrogen and oxygen atoms in total. The highest BCUT2D eigenvalue weighted by Crippen LogP contribution is 2.30. The van der Waals surface area contributed by atoms with Crippen LogP contribution in [0.15, 0.2) is 36.8 Å². The van der Waals surface area contributed by atoms with Crippen LogP contribution in [-0.4, -0.2) is 15.1 Å². The molecule has 100 valence electrons. The van der Waals surface area contributed by atoms with Crippen LogP contribution in [0.2, 0.25) is 5.02 Å². The summed E-state index contributed by atoms with van der Waals surface area (Å²) in [5.74, 6) is 0. The number of aliphatic hydroxyl groups excluding tert-OH is 1. The minimum atomic E-state index is -0.743. The molecule has 1 heterocycles. The third-order valence-corrected chi connectivity index (χ3v) is 3.18. The molecule has 1 aromatic carbocycles. The predicted octanol–water partition coefficient (Wildman–Crippen LogP) is 3.51. The van der Waals surface area contributed by atoms with Crippen molar-refractivity contribution in [1.29, 1.82) is 0 Å². The second-order valence-corrected chi connectivity index (χ2v) is 5.97. The number of aliphatic hydroxyl groups is 1. The monoisotopic (exact) mass is 276 g/mol. The molecule has 0 bridgehead atoms. The van der Waals surface area contributed by atoms with E-state index in [2.05, 4.69) is 30.7 Å². The first kappa shape index (κ1) is 14.0. The number of aromatic nitrogens is 2. The maximum atomic E-state index is 10.5. The van der Waals surface area contributed by atoms with Crippen LogP contribution < -0.4 is 0 Å². The quantitative estimate of drug-likeness (QED) is 0.913. The van der Waals surface area contributed by atoms with E-state index in [-0.39, 0.29) is 5.41 Å². The molecule has 19 heavy (non-hydrogen) atoms. The first-order chi connectivity index (χ1) is 8.89. The minimum Gasteiger partial charge on any atom is -0.384 e. The Morgan fingerprint density at radius 1 is 1.16 bits per heavy atom. The van der Waals surface area contributed by atoms with Gasteiger partial charge in [0.2, 0.25) is 0 Å². The smallest absolute Gasteiger partial charge is 0.115 e. The van der Waals surface area contributed by atoms with Crippen molar-refractivity contribution in [3.63, 3.8) is 0 Å². The van der Waals surface area contributed by atoms with Gasteiger partial charge >= 0.3 is 0 Å². The molecule has 1 aromatic heterocycles. The Bertz CT molecular complexity index is 561. The van der Waals surface area contributed by atoms with E-state index in [1.165, 1.54) is 6.33 Å². The number of nitrogens with zero attached hydrogens (tertiary/aromatic N) is 2. The molecule has 1 atom stereocenters. The summed E-state index contributed by atoms with van der Waals surface area (Å²) in [7, 11) is 0. The largest absolute Gasteiger partial charge is 0.384 e. The molecule has 0 saturated carbocycles. The van der Waals surface area contributed by atoms with Crippen molar-refractivity contribution < 1.29 is 5.11 Å². The van der Waals surface area contributed by atoms with Gasteiger partial charge < -0.3 is 5.11 Å².